The number of piperazine rings is 1. The third-order valence-corrected chi connectivity index (χ3v) is 6.93. The first-order valence-corrected chi connectivity index (χ1v) is 11.8. The number of nitrogens with zero attached hydrogens (tertiary/aromatic N) is 2. The Balaban J connectivity index is 1.55. The Morgan fingerprint density at radius 1 is 1.03 bits per heavy atom. The van der Waals surface area contributed by atoms with E-state index in [1.807, 2.05) is 13.8 Å². The van der Waals surface area contributed by atoms with Gasteiger partial charge in [0.05, 0.1) is 4.90 Å². The van der Waals surface area contributed by atoms with E-state index in [4.69, 9.17) is 0 Å². The van der Waals surface area contributed by atoms with Gasteiger partial charge in [-0.3, -0.25) is 4.79 Å². The number of hydrogen-bond donors (Lipinski definition) is 2. The Labute approximate surface area is 187 Å². The topological polar surface area (TPSA) is 98.8 Å². The van der Waals surface area contributed by atoms with Crippen LogP contribution in [0.2, 0.25) is 0 Å². The lowest BCUT2D eigenvalue weighted by molar-refractivity contribution is 0.0698. The molecule has 172 valence electrons. The van der Waals surface area contributed by atoms with Crippen LogP contribution in [0.1, 0.15) is 29.8 Å². The summed E-state index contributed by atoms with van der Waals surface area (Å²) in [7, 11) is -3.81. The number of amides is 3. The van der Waals surface area contributed by atoms with E-state index in [9.17, 15) is 22.4 Å². The number of rotatable bonds is 6. The van der Waals surface area contributed by atoms with E-state index in [0.29, 0.717) is 12.1 Å². The molecule has 32 heavy (non-hydrogen) atoms. The van der Waals surface area contributed by atoms with Crippen LogP contribution in [-0.2, 0) is 16.6 Å². The molecule has 2 aromatic rings. The van der Waals surface area contributed by atoms with Crippen molar-refractivity contribution in [1.29, 1.82) is 0 Å². The summed E-state index contributed by atoms with van der Waals surface area (Å²) in [5, 5.41) is 5.48. The van der Waals surface area contributed by atoms with Crippen molar-refractivity contribution >= 4 is 22.0 Å². The minimum absolute atomic E-state index is 0.0410. The molecular weight excluding hydrogens is 435 g/mol. The van der Waals surface area contributed by atoms with Gasteiger partial charge in [-0.05, 0) is 49.7 Å². The Morgan fingerprint density at radius 3 is 2.28 bits per heavy atom. The molecule has 1 aliphatic rings. The van der Waals surface area contributed by atoms with Gasteiger partial charge in [-0.25, -0.2) is 17.6 Å². The van der Waals surface area contributed by atoms with Crippen molar-refractivity contribution in [3.63, 3.8) is 0 Å². The first-order chi connectivity index (χ1) is 15.2. The van der Waals surface area contributed by atoms with Crippen LogP contribution in [0.5, 0.6) is 0 Å². The normalized spacial score (nSPS) is 14.9. The Morgan fingerprint density at radius 2 is 1.69 bits per heavy atom. The monoisotopic (exact) mass is 462 g/mol. The van der Waals surface area contributed by atoms with Gasteiger partial charge in [-0.2, -0.15) is 4.31 Å². The highest BCUT2D eigenvalue weighted by molar-refractivity contribution is 7.89. The number of sulfonamides is 1. The summed E-state index contributed by atoms with van der Waals surface area (Å²) in [5.74, 6) is -0.802. The van der Waals surface area contributed by atoms with Crippen molar-refractivity contribution in [3.8, 4) is 0 Å². The van der Waals surface area contributed by atoms with E-state index in [2.05, 4.69) is 10.6 Å². The predicted octanol–water partition coefficient (Wildman–Crippen LogP) is 2.18. The smallest absolute Gasteiger partial charge is 0.315 e. The average Bonchev–Trinajstić information content (AvgIpc) is 2.77. The molecule has 0 radical (unpaired) electrons. The van der Waals surface area contributed by atoms with Crippen LogP contribution < -0.4 is 10.6 Å². The molecule has 0 aliphatic carbocycles. The zero-order chi connectivity index (χ0) is 23.3. The van der Waals surface area contributed by atoms with Crippen LogP contribution in [0.3, 0.4) is 0 Å². The van der Waals surface area contributed by atoms with Crippen LogP contribution in [0, 0.1) is 5.82 Å². The molecule has 2 N–H and O–H groups in total. The lowest BCUT2D eigenvalue weighted by Gasteiger charge is -2.34. The SMILES string of the molecule is CC(C)NC(=O)NCc1ccc(C(=O)N2CCN(S(=O)(=O)c3cccc(F)c3)CC2)cc1. The number of urea groups is 1. The molecule has 3 amide bonds. The highest BCUT2D eigenvalue weighted by atomic mass is 32.2. The van der Waals surface area contributed by atoms with Gasteiger partial charge >= 0.3 is 6.03 Å². The Kier molecular flexibility index (Phi) is 7.47. The van der Waals surface area contributed by atoms with Crippen molar-refractivity contribution in [3.05, 3.63) is 65.5 Å². The van der Waals surface area contributed by atoms with Gasteiger partial charge in [0.2, 0.25) is 10.0 Å². The molecule has 0 aromatic heterocycles. The molecule has 0 saturated carbocycles. The average molecular weight is 463 g/mol. The molecule has 1 fully saturated rings. The summed E-state index contributed by atoms with van der Waals surface area (Å²) in [6.45, 7) is 4.84. The molecule has 0 unspecified atom stereocenters. The third-order valence-electron chi connectivity index (χ3n) is 5.03. The number of carbonyl (C=O) groups is 2. The number of halogens is 1. The Bertz CT molecular complexity index is 1070. The standard InChI is InChI=1S/C22H27FN4O4S/c1-16(2)25-22(29)24-15-17-6-8-18(9-7-17)21(28)26-10-12-27(13-11-26)32(30,31)20-5-3-4-19(23)14-20/h3-9,14,16H,10-13,15H2,1-2H3,(H2,24,25,29). The fourth-order valence-electron chi connectivity index (χ4n) is 3.35. The van der Waals surface area contributed by atoms with Crippen LogP contribution in [-0.4, -0.2) is 61.8 Å². The molecule has 0 atom stereocenters. The summed E-state index contributed by atoms with van der Waals surface area (Å²) >= 11 is 0. The van der Waals surface area contributed by atoms with Gasteiger partial charge in [-0.1, -0.05) is 18.2 Å². The summed E-state index contributed by atoms with van der Waals surface area (Å²) < 4.78 is 40.1. The second-order valence-corrected chi connectivity index (χ2v) is 9.77. The molecule has 1 heterocycles. The van der Waals surface area contributed by atoms with Gasteiger partial charge < -0.3 is 15.5 Å². The second kappa shape index (κ2) is 10.1. The molecule has 0 bridgehead atoms. The van der Waals surface area contributed by atoms with Crippen LogP contribution in [0.4, 0.5) is 9.18 Å². The molecule has 3 rings (SSSR count). The number of benzene rings is 2. The van der Waals surface area contributed by atoms with Crippen LogP contribution in [0.25, 0.3) is 0 Å². The number of nitrogens with one attached hydrogen (secondary N) is 2. The molecule has 10 heteroatoms. The molecule has 8 nitrogen and oxygen atoms in total. The zero-order valence-corrected chi connectivity index (χ0v) is 18.9. The maximum Gasteiger partial charge on any atom is 0.315 e. The fraction of sp³-hybridized carbons (Fsp3) is 0.364. The summed E-state index contributed by atoms with van der Waals surface area (Å²) in [4.78, 5) is 26.0. The molecule has 1 saturated heterocycles. The van der Waals surface area contributed by atoms with Crippen molar-refractivity contribution < 1.29 is 22.4 Å². The molecule has 2 aromatic carbocycles. The maximum atomic E-state index is 13.4. The predicted molar refractivity (Wildman–Crippen MR) is 118 cm³/mol. The van der Waals surface area contributed by atoms with Crippen LogP contribution in [0.15, 0.2) is 53.4 Å². The van der Waals surface area contributed by atoms with Gasteiger partial charge in [0, 0.05) is 44.3 Å². The third kappa shape index (κ3) is 5.83. The zero-order valence-electron chi connectivity index (χ0n) is 18.0. The van der Waals surface area contributed by atoms with Gasteiger partial charge in [0.25, 0.3) is 5.91 Å². The van der Waals surface area contributed by atoms with Crippen molar-refractivity contribution in [2.75, 3.05) is 26.2 Å². The molecule has 1 aliphatic heterocycles. The lowest BCUT2D eigenvalue weighted by atomic mass is 10.1. The largest absolute Gasteiger partial charge is 0.336 e. The van der Waals surface area contributed by atoms with E-state index in [1.165, 1.54) is 22.5 Å². The van der Waals surface area contributed by atoms with E-state index in [1.54, 1.807) is 29.2 Å². The second-order valence-electron chi connectivity index (χ2n) is 7.83. The minimum Gasteiger partial charge on any atom is -0.336 e. The minimum atomic E-state index is -3.81. The fourth-order valence-corrected chi connectivity index (χ4v) is 4.81. The van der Waals surface area contributed by atoms with Crippen molar-refractivity contribution in [1.82, 2.24) is 19.8 Å². The van der Waals surface area contributed by atoms with Crippen molar-refractivity contribution in [2.24, 2.45) is 0 Å². The van der Waals surface area contributed by atoms with E-state index in [-0.39, 0.29) is 49.1 Å². The van der Waals surface area contributed by atoms with E-state index >= 15 is 0 Å². The van der Waals surface area contributed by atoms with Crippen LogP contribution >= 0.6 is 0 Å². The van der Waals surface area contributed by atoms with E-state index < -0.39 is 15.8 Å². The maximum absolute atomic E-state index is 13.4. The number of carbonyl (C=O) groups excluding carboxylic acids is 2. The highest BCUT2D eigenvalue weighted by Gasteiger charge is 2.30. The first kappa shape index (κ1) is 23.7. The summed E-state index contributed by atoms with van der Waals surface area (Å²) in [5.41, 5.74) is 1.34. The quantitative estimate of drug-likeness (QED) is 0.688. The summed E-state index contributed by atoms with van der Waals surface area (Å²) in [6.07, 6.45) is 0. The van der Waals surface area contributed by atoms with Gasteiger partial charge in [0.15, 0.2) is 0 Å². The molecule has 0 spiro atoms. The number of hydrogen-bond acceptors (Lipinski definition) is 4. The van der Waals surface area contributed by atoms with E-state index in [0.717, 1.165) is 11.6 Å². The van der Waals surface area contributed by atoms with Gasteiger partial charge in [-0.15, -0.1) is 0 Å². The van der Waals surface area contributed by atoms with Gasteiger partial charge in [0.1, 0.15) is 5.82 Å². The first-order valence-electron chi connectivity index (χ1n) is 10.3. The Hall–Kier alpha value is -2.98. The molecular formula is C22H27FN4O4S. The highest BCUT2D eigenvalue weighted by Crippen LogP contribution is 2.19. The summed E-state index contributed by atoms with van der Waals surface area (Å²) in [6, 6.07) is 11.6. The van der Waals surface area contributed by atoms with Crippen molar-refractivity contribution in [2.45, 2.75) is 31.3 Å². The lowest BCUT2D eigenvalue weighted by Crippen LogP contribution is -2.50.